The lowest BCUT2D eigenvalue weighted by Crippen LogP contribution is -2.37. The molecule has 2 fully saturated rings. The van der Waals surface area contributed by atoms with Crippen molar-refractivity contribution in [2.24, 2.45) is 17.8 Å². The van der Waals surface area contributed by atoms with Crippen molar-refractivity contribution in [3.63, 3.8) is 0 Å². The Morgan fingerprint density at radius 3 is 2.47 bits per heavy atom. The molecule has 0 amide bonds. The third kappa shape index (κ3) is 1.19. The van der Waals surface area contributed by atoms with Gasteiger partial charge in [0.05, 0.1) is 10.4 Å². The third-order valence-electron chi connectivity index (χ3n) is 4.16. The lowest BCUT2D eigenvalue weighted by Gasteiger charge is -2.34. The molecule has 0 aliphatic heterocycles. The number of alkyl halides is 3. The quantitative estimate of drug-likeness (QED) is 0.577. The molecule has 15 heavy (non-hydrogen) atoms. The van der Waals surface area contributed by atoms with E-state index in [0.717, 1.165) is 12.8 Å². The second-order valence-electron chi connectivity index (χ2n) is 4.68. The average Bonchev–Trinajstić information content (AvgIpc) is 2.57. The molecule has 0 aromatic heterocycles. The van der Waals surface area contributed by atoms with Gasteiger partial charge in [-0.25, -0.2) is 0 Å². The summed E-state index contributed by atoms with van der Waals surface area (Å²) in [7, 11) is 0. The molecule has 0 nitrogen and oxygen atoms in total. The Hall–Kier alpha value is 1.19. The molecule has 0 saturated heterocycles. The Balaban J connectivity index is 2.19. The van der Waals surface area contributed by atoms with Crippen LogP contribution in [0.15, 0.2) is 10.1 Å². The highest BCUT2D eigenvalue weighted by molar-refractivity contribution is 6.48. The molecule has 0 heterocycles. The van der Waals surface area contributed by atoms with Crippen LogP contribution in [0.1, 0.15) is 12.8 Å². The van der Waals surface area contributed by atoms with Crippen LogP contribution in [-0.4, -0.2) is 15.6 Å². The molecular formula is C10H9Cl5. The van der Waals surface area contributed by atoms with Gasteiger partial charge in [0.1, 0.15) is 4.87 Å². The molecule has 0 aromatic rings. The number of halogens is 5. The molecule has 6 atom stereocenters. The summed E-state index contributed by atoms with van der Waals surface area (Å²) in [6.45, 7) is 0. The van der Waals surface area contributed by atoms with Crippen molar-refractivity contribution in [2.75, 3.05) is 0 Å². The largest absolute Gasteiger partial charge is 0.122 e. The number of hydrogen-bond donors (Lipinski definition) is 0. The number of rotatable bonds is 0. The Kier molecular flexibility index (Phi) is 2.53. The molecule has 84 valence electrons. The summed E-state index contributed by atoms with van der Waals surface area (Å²) in [6, 6.07) is 0. The van der Waals surface area contributed by atoms with Gasteiger partial charge in [0.25, 0.3) is 0 Å². The third-order valence-corrected chi connectivity index (χ3v) is 7.13. The van der Waals surface area contributed by atoms with E-state index in [1.54, 1.807) is 0 Å². The smallest absolute Gasteiger partial charge is 0.101 e. The summed E-state index contributed by atoms with van der Waals surface area (Å²) in [5, 5.41) is 1.13. The monoisotopic (exact) mass is 304 g/mol. The molecule has 0 spiro atoms. The van der Waals surface area contributed by atoms with Crippen LogP contribution in [0.4, 0.5) is 0 Å². The maximum atomic E-state index is 6.59. The highest BCUT2D eigenvalue weighted by atomic mass is 35.5. The van der Waals surface area contributed by atoms with E-state index in [4.69, 9.17) is 58.0 Å². The van der Waals surface area contributed by atoms with Crippen molar-refractivity contribution in [2.45, 2.75) is 28.5 Å². The Labute approximate surface area is 114 Å². The van der Waals surface area contributed by atoms with Crippen LogP contribution in [-0.2, 0) is 0 Å². The highest BCUT2D eigenvalue weighted by Gasteiger charge is 2.66. The maximum Gasteiger partial charge on any atom is 0.101 e. The first-order valence-electron chi connectivity index (χ1n) is 5.00. The Bertz CT molecular complexity index is 352. The lowest BCUT2D eigenvalue weighted by molar-refractivity contribution is 0.360. The van der Waals surface area contributed by atoms with Gasteiger partial charge < -0.3 is 0 Å². The van der Waals surface area contributed by atoms with Gasteiger partial charge in [0.15, 0.2) is 0 Å². The van der Waals surface area contributed by atoms with Crippen molar-refractivity contribution in [1.29, 1.82) is 0 Å². The first-order valence-corrected chi connectivity index (χ1v) is 7.01. The first-order chi connectivity index (χ1) is 6.98. The predicted octanol–water partition coefficient (Wildman–Crippen LogP) is 4.54. The molecule has 3 rings (SSSR count). The molecule has 0 N–H and O–H groups in total. The van der Waals surface area contributed by atoms with Crippen LogP contribution >= 0.6 is 58.0 Å². The van der Waals surface area contributed by atoms with E-state index in [-0.39, 0.29) is 16.7 Å². The molecular weight excluding hydrogens is 297 g/mol. The molecule has 2 saturated carbocycles. The van der Waals surface area contributed by atoms with Gasteiger partial charge in [-0.15, -0.1) is 34.8 Å². The molecule has 5 heteroatoms. The number of allylic oxidation sites excluding steroid dienone is 2. The fraction of sp³-hybridized carbons (Fsp3) is 0.800. The van der Waals surface area contributed by atoms with E-state index >= 15 is 0 Å². The first kappa shape index (κ1) is 11.3. The summed E-state index contributed by atoms with van der Waals surface area (Å²) in [5.41, 5.74) is 0. The molecule has 4 bridgehead atoms. The molecule has 0 aromatic carbocycles. The van der Waals surface area contributed by atoms with Crippen LogP contribution in [0.5, 0.6) is 0 Å². The van der Waals surface area contributed by atoms with Crippen molar-refractivity contribution < 1.29 is 0 Å². The predicted molar refractivity (Wildman–Crippen MR) is 66.3 cm³/mol. The number of hydrogen-bond acceptors (Lipinski definition) is 0. The SMILES string of the molecule is ClC1=C(Cl)C2(Cl)C(Cl)CC3C1C(Cl)CC32. The molecule has 3 aliphatic carbocycles. The van der Waals surface area contributed by atoms with Gasteiger partial charge in [-0.1, -0.05) is 23.2 Å². The van der Waals surface area contributed by atoms with Crippen LogP contribution < -0.4 is 0 Å². The normalized spacial score (nSPS) is 57.8. The minimum Gasteiger partial charge on any atom is -0.122 e. The Morgan fingerprint density at radius 1 is 1.13 bits per heavy atom. The van der Waals surface area contributed by atoms with Gasteiger partial charge in [-0.05, 0) is 24.7 Å². The minimum absolute atomic E-state index is 0.0611. The zero-order valence-electron chi connectivity index (χ0n) is 7.69. The van der Waals surface area contributed by atoms with E-state index in [0.29, 0.717) is 21.9 Å². The second-order valence-corrected chi connectivity index (χ2v) is 7.18. The van der Waals surface area contributed by atoms with E-state index in [1.807, 2.05) is 0 Å². The molecule has 0 radical (unpaired) electrons. The summed E-state index contributed by atoms with van der Waals surface area (Å²) in [5.74, 6) is 0.883. The fourth-order valence-electron chi connectivity index (χ4n) is 3.50. The fourth-order valence-corrected chi connectivity index (χ4v) is 5.96. The zero-order valence-corrected chi connectivity index (χ0v) is 11.5. The lowest BCUT2D eigenvalue weighted by atomic mass is 9.83. The summed E-state index contributed by atoms with van der Waals surface area (Å²) >= 11 is 31.7. The van der Waals surface area contributed by atoms with Crippen molar-refractivity contribution >= 4 is 58.0 Å². The topological polar surface area (TPSA) is 0 Å². The molecule has 6 unspecified atom stereocenters. The zero-order chi connectivity index (χ0) is 11.0. The van der Waals surface area contributed by atoms with Crippen molar-refractivity contribution in [3.8, 4) is 0 Å². The molecule has 3 aliphatic rings. The van der Waals surface area contributed by atoms with E-state index in [1.165, 1.54) is 0 Å². The van der Waals surface area contributed by atoms with Crippen LogP contribution in [0.3, 0.4) is 0 Å². The van der Waals surface area contributed by atoms with Gasteiger partial charge >= 0.3 is 0 Å². The van der Waals surface area contributed by atoms with Gasteiger partial charge in [-0.2, -0.15) is 0 Å². The summed E-state index contributed by atoms with van der Waals surface area (Å²) < 4.78 is 0. The average molecular weight is 306 g/mol. The Morgan fingerprint density at radius 2 is 1.80 bits per heavy atom. The minimum atomic E-state index is -0.662. The standard InChI is InChI=1S/C10H9Cl5/c11-5-2-4-3-1-6(12)10(4,15)9(14)8(13)7(3)5/h3-7H,1-2H2. The maximum absolute atomic E-state index is 6.59. The van der Waals surface area contributed by atoms with Crippen LogP contribution in [0.2, 0.25) is 0 Å². The summed E-state index contributed by atoms with van der Waals surface area (Å²) in [6.07, 6.45) is 1.74. The second kappa shape index (κ2) is 3.36. The van der Waals surface area contributed by atoms with E-state index in [2.05, 4.69) is 0 Å². The van der Waals surface area contributed by atoms with Crippen molar-refractivity contribution in [1.82, 2.24) is 0 Å². The van der Waals surface area contributed by atoms with Gasteiger partial charge in [0.2, 0.25) is 0 Å². The van der Waals surface area contributed by atoms with Crippen molar-refractivity contribution in [3.05, 3.63) is 10.1 Å². The highest BCUT2D eigenvalue weighted by Crippen LogP contribution is 2.67. The van der Waals surface area contributed by atoms with Crippen LogP contribution in [0.25, 0.3) is 0 Å². The van der Waals surface area contributed by atoms with Crippen LogP contribution in [0, 0.1) is 17.8 Å². The van der Waals surface area contributed by atoms with Gasteiger partial charge in [0, 0.05) is 16.3 Å². The van der Waals surface area contributed by atoms with E-state index < -0.39 is 4.87 Å². The van der Waals surface area contributed by atoms with Gasteiger partial charge in [-0.3, -0.25) is 0 Å². The summed E-state index contributed by atoms with van der Waals surface area (Å²) in [4.78, 5) is -0.662. The van der Waals surface area contributed by atoms with E-state index in [9.17, 15) is 0 Å².